The monoisotopic (exact) mass is 595 g/mol. The highest BCUT2D eigenvalue weighted by Gasteiger charge is 2.41. The number of nitrogens with zero attached hydrogens (tertiary/aromatic N) is 2. The number of rotatable bonds is 16. The minimum Gasteiger partial charge on any atom is -0.481 e. The molecular formula is C26H41N7O9. The minimum atomic E-state index is -1.47. The topological polar surface area (TPSA) is 257 Å². The molecule has 0 radical (unpaired) electrons. The van der Waals surface area contributed by atoms with E-state index in [0.29, 0.717) is 12.1 Å². The molecule has 1 aliphatic heterocycles. The lowest BCUT2D eigenvalue weighted by atomic mass is 10.0. The average molecular weight is 596 g/mol. The van der Waals surface area contributed by atoms with E-state index in [1.54, 1.807) is 0 Å². The van der Waals surface area contributed by atoms with Crippen molar-refractivity contribution >= 4 is 35.6 Å². The van der Waals surface area contributed by atoms with Crippen molar-refractivity contribution in [3.63, 3.8) is 0 Å². The first-order chi connectivity index (χ1) is 19.7. The number of hydrogen-bond acceptors (Lipinski definition) is 9. The summed E-state index contributed by atoms with van der Waals surface area (Å²) in [5.41, 5.74) is 6.63. The number of carboxylic acid groups (broad SMARTS) is 2. The van der Waals surface area contributed by atoms with Gasteiger partial charge in [-0.1, -0.05) is 13.8 Å². The van der Waals surface area contributed by atoms with Crippen LogP contribution in [0.2, 0.25) is 0 Å². The maximum atomic E-state index is 13.5. The maximum absolute atomic E-state index is 13.5. The number of imidazole rings is 1. The highest BCUT2D eigenvalue weighted by molar-refractivity contribution is 5.96. The average Bonchev–Trinajstić information content (AvgIpc) is 3.60. The largest absolute Gasteiger partial charge is 0.481 e. The van der Waals surface area contributed by atoms with Gasteiger partial charge in [-0.05, 0) is 38.5 Å². The first kappa shape index (κ1) is 34.2. The van der Waals surface area contributed by atoms with E-state index < -0.39 is 78.3 Å². The van der Waals surface area contributed by atoms with E-state index in [2.05, 4.69) is 25.9 Å². The lowest BCUT2D eigenvalue weighted by molar-refractivity contribution is -0.146. The molecule has 2 rings (SSSR count). The second-order valence-corrected chi connectivity index (χ2v) is 10.8. The Balaban J connectivity index is 2.13. The number of amides is 4. The second-order valence-electron chi connectivity index (χ2n) is 10.8. The first-order valence-corrected chi connectivity index (χ1v) is 13.8. The van der Waals surface area contributed by atoms with E-state index >= 15 is 0 Å². The zero-order chi connectivity index (χ0) is 31.6. The Hall–Kier alpha value is -4.05. The molecule has 6 atom stereocenters. The van der Waals surface area contributed by atoms with Crippen LogP contribution in [0.15, 0.2) is 12.5 Å². The molecule has 0 aromatic carbocycles. The third-order valence-corrected chi connectivity index (χ3v) is 6.82. The van der Waals surface area contributed by atoms with Gasteiger partial charge < -0.3 is 46.9 Å². The number of aliphatic hydroxyl groups is 1. The van der Waals surface area contributed by atoms with Crippen LogP contribution in [0.3, 0.4) is 0 Å². The minimum absolute atomic E-state index is 0.0412. The number of hydrogen-bond donors (Lipinski definition) is 8. The summed E-state index contributed by atoms with van der Waals surface area (Å²) in [7, 11) is 0. The number of likely N-dealkylation sites (tertiary alicyclic amines) is 1. The van der Waals surface area contributed by atoms with E-state index in [9.17, 15) is 39.0 Å². The van der Waals surface area contributed by atoms with Crippen LogP contribution < -0.4 is 21.7 Å². The molecule has 4 amide bonds. The summed E-state index contributed by atoms with van der Waals surface area (Å²) in [6.07, 6.45) is 1.70. The molecule has 0 spiro atoms. The van der Waals surface area contributed by atoms with Gasteiger partial charge in [-0.3, -0.25) is 24.0 Å². The summed E-state index contributed by atoms with van der Waals surface area (Å²) < 4.78 is 0. The SMILES string of the molecule is CC(C)C[C@H](NC(=O)[C@@H](N)Cc1cnc[nH]1)C(=O)N[C@H](C(=O)N1CCC[C@H]1C(=O)N[C@@H](CCC(=O)O)C(=O)O)[C@@H](C)O. The number of H-pyrrole nitrogens is 1. The Bertz CT molecular complexity index is 1110. The van der Waals surface area contributed by atoms with Crippen molar-refractivity contribution in [2.45, 2.75) is 95.6 Å². The van der Waals surface area contributed by atoms with Crippen molar-refractivity contribution in [1.29, 1.82) is 0 Å². The Morgan fingerprint density at radius 1 is 1.07 bits per heavy atom. The van der Waals surface area contributed by atoms with E-state index in [1.807, 2.05) is 13.8 Å². The lowest BCUT2D eigenvalue weighted by Crippen LogP contribution is -2.61. The van der Waals surface area contributed by atoms with Gasteiger partial charge >= 0.3 is 11.9 Å². The van der Waals surface area contributed by atoms with Gasteiger partial charge in [0.15, 0.2) is 0 Å². The maximum Gasteiger partial charge on any atom is 0.326 e. The fourth-order valence-corrected chi connectivity index (χ4v) is 4.62. The van der Waals surface area contributed by atoms with Crippen LogP contribution in [0.25, 0.3) is 0 Å². The van der Waals surface area contributed by atoms with Crippen LogP contribution >= 0.6 is 0 Å². The summed E-state index contributed by atoms with van der Waals surface area (Å²) in [5.74, 6) is -5.57. The molecule has 0 saturated carbocycles. The molecule has 2 heterocycles. The smallest absolute Gasteiger partial charge is 0.326 e. The third-order valence-electron chi connectivity index (χ3n) is 6.82. The van der Waals surface area contributed by atoms with Crippen molar-refractivity contribution in [3.8, 4) is 0 Å². The third kappa shape index (κ3) is 10.1. The van der Waals surface area contributed by atoms with Gasteiger partial charge in [0.2, 0.25) is 23.6 Å². The number of nitrogens with one attached hydrogen (secondary N) is 4. The number of carbonyl (C=O) groups is 6. The number of aromatic amines is 1. The normalized spacial score (nSPS) is 18.4. The van der Waals surface area contributed by atoms with Crippen LogP contribution in [-0.4, -0.2) is 109 Å². The molecule has 16 heteroatoms. The van der Waals surface area contributed by atoms with Crippen LogP contribution in [0, 0.1) is 5.92 Å². The fraction of sp³-hybridized carbons (Fsp3) is 0.654. The van der Waals surface area contributed by atoms with Gasteiger partial charge in [-0.15, -0.1) is 0 Å². The van der Waals surface area contributed by atoms with Crippen LogP contribution in [0.1, 0.15) is 58.6 Å². The molecule has 1 fully saturated rings. The summed E-state index contributed by atoms with van der Waals surface area (Å²) >= 11 is 0. The van der Waals surface area contributed by atoms with Gasteiger partial charge in [0.25, 0.3) is 0 Å². The second kappa shape index (κ2) is 15.8. The van der Waals surface area contributed by atoms with Gasteiger partial charge in [0.05, 0.1) is 18.5 Å². The van der Waals surface area contributed by atoms with Crippen molar-refractivity contribution < 1.29 is 44.1 Å². The van der Waals surface area contributed by atoms with Crippen molar-refractivity contribution in [3.05, 3.63) is 18.2 Å². The first-order valence-electron chi connectivity index (χ1n) is 13.8. The van der Waals surface area contributed by atoms with E-state index in [0.717, 1.165) is 4.90 Å². The zero-order valence-corrected chi connectivity index (χ0v) is 23.9. The summed E-state index contributed by atoms with van der Waals surface area (Å²) in [5, 5.41) is 36.0. The molecule has 1 aromatic heterocycles. The Kier molecular flexibility index (Phi) is 12.9. The zero-order valence-electron chi connectivity index (χ0n) is 23.9. The van der Waals surface area contributed by atoms with Crippen LogP contribution in [0.5, 0.6) is 0 Å². The predicted molar refractivity (Wildman–Crippen MR) is 146 cm³/mol. The quantitative estimate of drug-likeness (QED) is 0.105. The number of carbonyl (C=O) groups excluding carboxylic acids is 4. The van der Waals surface area contributed by atoms with Gasteiger partial charge in [-0.25, -0.2) is 9.78 Å². The van der Waals surface area contributed by atoms with Gasteiger partial charge in [0, 0.05) is 31.3 Å². The van der Waals surface area contributed by atoms with Gasteiger partial charge in [-0.2, -0.15) is 0 Å². The summed E-state index contributed by atoms with van der Waals surface area (Å²) in [6, 6.07) is -6.11. The highest BCUT2D eigenvalue weighted by atomic mass is 16.4. The standard InChI is InChI=1S/C26H41N7O9/c1-13(2)9-18(31-22(37)16(27)10-15-11-28-12-29-15)23(38)32-21(14(3)34)25(40)33-8-4-5-19(33)24(39)30-17(26(41)42)6-7-20(35)36/h11-14,16-19,21,34H,4-10,27H2,1-3H3,(H,28,29)(H,30,39)(H,31,37)(H,32,38)(H,35,36)(H,41,42)/t14-,16+,17+,18+,19+,21+/m1/s1. The fourth-order valence-electron chi connectivity index (χ4n) is 4.62. The number of carboxylic acids is 2. The number of aliphatic carboxylic acids is 2. The van der Waals surface area contributed by atoms with Crippen molar-refractivity contribution in [2.24, 2.45) is 11.7 Å². The van der Waals surface area contributed by atoms with Crippen molar-refractivity contribution in [1.82, 2.24) is 30.8 Å². The molecular weight excluding hydrogens is 554 g/mol. The van der Waals surface area contributed by atoms with Crippen molar-refractivity contribution in [2.75, 3.05) is 6.54 Å². The number of aliphatic hydroxyl groups excluding tert-OH is 1. The molecule has 0 bridgehead atoms. The lowest BCUT2D eigenvalue weighted by Gasteiger charge is -2.31. The van der Waals surface area contributed by atoms with Crippen LogP contribution in [0.4, 0.5) is 0 Å². The molecule has 1 aliphatic rings. The molecule has 9 N–H and O–H groups in total. The highest BCUT2D eigenvalue weighted by Crippen LogP contribution is 2.20. The number of aromatic nitrogens is 2. The predicted octanol–water partition coefficient (Wildman–Crippen LogP) is -1.90. The summed E-state index contributed by atoms with van der Waals surface area (Å²) in [4.78, 5) is 82.7. The van der Waals surface area contributed by atoms with E-state index in [-0.39, 0.29) is 38.1 Å². The Morgan fingerprint density at radius 2 is 1.76 bits per heavy atom. The van der Waals surface area contributed by atoms with Gasteiger partial charge in [0.1, 0.15) is 24.2 Å². The molecule has 234 valence electrons. The molecule has 0 aliphatic carbocycles. The molecule has 1 aromatic rings. The number of nitrogens with two attached hydrogens (primary N) is 1. The molecule has 16 nitrogen and oxygen atoms in total. The summed E-state index contributed by atoms with van der Waals surface area (Å²) in [6.45, 7) is 5.07. The van der Waals surface area contributed by atoms with Crippen LogP contribution in [-0.2, 0) is 35.2 Å². The van der Waals surface area contributed by atoms with E-state index in [1.165, 1.54) is 19.4 Å². The van der Waals surface area contributed by atoms with E-state index in [4.69, 9.17) is 10.8 Å². The molecule has 0 unspecified atom stereocenters. The molecule has 1 saturated heterocycles. The Morgan fingerprint density at radius 3 is 2.31 bits per heavy atom. The molecule has 42 heavy (non-hydrogen) atoms. The Labute approximate surface area is 242 Å².